The van der Waals surface area contributed by atoms with Gasteiger partial charge in [-0.15, -0.1) is 0 Å². The van der Waals surface area contributed by atoms with Crippen LogP contribution in [-0.2, 0) is 10.0 Å². The van der Waals surface area contributed by atoms with Crippen LogP contribution in [0.1, 0.15) is 17.2 Å². The summed E-state index contributed by atoms with van der Waals surface area (Å²) in [6.07, 6.45) is 0. The van der Waals surface area contributed by atoms with Crippen molar-refractivity contribution in [2.45, 2.75) is 10.9 Å². The maximum Gasteiger partial charge on any atom is 0.240 e. The molecule has 1 unspecified atom stereocenters. The number of sulfonamides is 1. The molecular formula is C15H15N3O2S. The zero-order valence-corrected chi connectivity index (χ0v) is 12.0. The van der Waals surface area contributed by atoms with Crippen LogP contribution in [0.2, 0.25) is 0 Å². The van der Waals surface area contributed by atoms with Crippen LogP contribution in [0.3, 0.4) is 0 Å². The number of hydrogen-bond acceptors (Lipinski definition) is 4. The molecule has 2 aromatic carbocycles. The summed E-state index contributed by atoms with van der Waals surface area (Å²) in [5, 5.41) is 8.81. The van der Waals surface area contributed by atoms with E-state index in [0.717, 1.165) is 5.56 Å². The van der Waals surface area contributed by atoms with Gasteiger partial charge in [0.1, 0.15) is 0 Å². The monoisotopic (exact) mass is 301 g/mol. The number of nitrogens with two attached hydrogens (primary N) is 1. The third kappa shape index (κ3) is 3.89. The zero-order chi connectivity index (χ0) is 15.3. The molecule has 0 aliphatic carbocycles. The molecule has 0 radical (unpaired) electrons. The summed E-state index contributed by atoms with van der Waals surface area (Å²) in [5.41, 5.74) is 7.11. The molecule has 0 aromatic heterocycles. The normalized spacial score (nSPS) is 12.6. The maximum absolute atomic E-state index is 12.2. The van der Waals surface area contributed by atoms with Gasteiger partial charge in [-0.2, -0.15) is 5.26 Å². The highest BCUT2D eigenvalue weighted by Gasteiger charge is 2.16. The van der Waals surface area contributed by atoms with E-state index in [1.54, 1.807) is 6.07 Å². The summed E-state index contributed by atoms with van der Waals surface area (Å²) in [6.45, 7) is 0.0864. The van der Waals surface area contributed by atoms with Crippen molar-refractivity contribution in [1.82, 2.24) is 4.72 Å². The number of nitrogens with one attached hydrogen (secondary N) is 1. The molecule has 1 atom stereocenters. The molecule has 2 rings (SSSR count). The Morgan fingerprint density at radius 1 is 1.14 bits per heavy atom. The van der Waals surface area contributed by atoms with Crippen molar-refractivity contribution in [2.75, 3.05) is 6.54 Å². The Hall–Kier alpha value is -2.20. The molecule has 6 heteroatoms. The number of hydrogen-bond donors (Lipinski definition) is 2. The van der Waals surface area contributed by atoms with Gasteiger partial charge in [0.05, 0.1) is 16.5 Å². The van der Waals surface area contributed by atoms with Crippen LogP contribution in [0.25, 0.3) is 0 Å². The lowest BCUT2D eigenvalue weighted by atomic mass is 10.1. The Balaban J connectivity index is 2.10. The first-order valence-electron chi connectivity index (χ1n) is 6.33. The third-order valence-electron chi connectivity index (χ3n) is 2.99. The molecule has 3 N–H and O–H groups in total. The Kier molecular flexibility index (Phi) is 4.70. The van der Waals surface area contributed by atoms with Crippen molar-refractivity contribution in [3.05, 3.63) is 65.7 Å². The first kappa shape index (κ1) is 15.2. The summed E-state index contributed by atoms with van der Waals surface area (Å²) in [5.74, 6) is 0. The fraction of sp³-hybridized carbons (Fsp3) is 0.133. The minimum Gasteiger partial charge on any atom is -0.323 e. The molecule has 0 aliphatic heterocycles. The largest absolute Gasteiger partial charge is 0.323 e. The lowest BCUT2D eigenvalue weighted by Gasteiger charge is -2.13. The molecule has 0 heterocycles. The van der Waals surface area contributed by atoms with Crippen molar-refractivity contribution >= 4 is 10.0 Å². The Morgan fingerprint density at radius 2 is 1.86 bits per heavy atom. The smallest absolute Gasteiger partial charge is 0.240 e. The van der Waals surface area contributed by atoms with Crippen molar-refractivity contribution in [3.8, 4) is 6.07 Å². The van der Waals surface area contributed by atoms with E-state index >= 15 is 0 Å². The minimum absolute atomic E-state index is 0.0572. The van der Waals surface area contributed by atoms with Gasteiger partial charge in [-0.3, -0.25) is 0 Å². The first-order chi connectivity index (χ1) is 10.0. The van der Waals surface area contributed by atoms with E-state index in [4.69, 9.17) is 11.0 Å². The third-order valence-corrected chi connectivity index (χ3v) is 4.42. The molecule has 21 heavy (non-hydrogen) atoms. The molecule has 2 aromatic rings. The van der Waals surface area contributed by atoms with Crippen molar-refractivity contribution in [2.24, 2.45) is 5.73 Å². The fourth-order valence-electron chi connectivity index (χ4n) is 1.83. The van der Waals surface area contributed by atoms with Crippen LogP contribution in [-0.4, -0.2) is 15.0 Å². The van der Waals surface area contributed by atoms with Gasteiger partial charge in [0, 0.05) is 12.6 Å². The molecule has 0 fully saturated rings. The Bertz CT molecular complexity index is 752. The summed E-state index contributed by atoms with van der Waals surface area (Å²) < 4.78 is 26.8. The lowest BCUT2D eigenvalue weighted by molar-refractivity contribution is 0.572. The summed E-state index contributed by atoms with van der Waals surface area (Å²) >= 11 is 0. The van der Waals surface area contributed by atoms with Gasteiger partial charge >= 0.3 is 0 Å². The molecule has 0 amide bonds. The van der Waals surface area contributed by atoms with E-state index < -0.39 is 16.1 Å². The second-order valence-corrected chi connectivity index (χ2v) is 6.28. The number of nitriles is 1. The predicted octanol–water partition coefficient (Wildman–Crippen LogP) is 1.54. The second kappa shape index (κ2) is 6.50. The predicted molar refractivity (Wildman–Crippen MR) is 79.7 cm³/mol. The van der Waals surface area contributed by atoms with Crippen molar-refractivity contribution < 1.29 is 8.42 Å². The van der Waals surface area contributed by atoms with E-state index in [0.29, 0.717) is 5.56 Å². The van der Waals surface area contributed by atoms with E-state index in [2.05, 4.69) is 4.72 Å². The van der Waals surface area contributed by atoms with Crippen LogP contribution in [0.5, 0.6) is 0 Å². The maximum atomic E-state index is 12.2. The van der Waals surface area contributed by atoms with Gasteiger partial charge < -0.3 is 5.73 Å². The standard InChI is InChI=1S/C15H15N3O2S/c16-10-12-5-4-8-14(9-12)21(19,20)18-11-15(17)13-6-2-1-3-7-13/h1-9,15,18H,11,17H2. The lowest BCUT2D eigenvalue weighted by Crippen LogP contribution is -2.32. The quantitative estimate of drug-likeness (QED) is 0.875. The van der Waals surface area contributed by atoms with Crippen molar-refractivity contribution in [1.29, 1.82) is 5.26 Å². The molecule has 0 bridgehead atoms. The van der Waals surface area contributed by atoms with E-state index in [9.17, 15) is 8.42 Å². The van der Waals surface area contributed by atoms with Gasteiger partial charge in [-0.1, -0.05) is 36.4 Å². The van der Waals surface area contributed by atoms with E-state index in [-0.39, 0.29) is 11.4 Å². The molecule has 0 aliphatic rings. The second-order valence-electron chi connectivity index (χ2n) is 4.51. The topological polar surface area (TPSA) is 96.0 Å². The van der Waals surface area contributed by atoms with Crippen LogP contribution in [0.4, 0.5) is 0 Å². The average Bonchev–Trinajstić information content (AvgIpc) is 2.53. The van der Waals surface area contributed by atoms with Gasteiger partial charge in [0.2, 0.25) is 10.0 Å². The Labute approximate surface area is 124 Å². The zero-order valence-electron chi connectivity index (χ0n) is 11.2. The summed E-state index contributed by atoms with van der Waals surface area (Å²) in [7, 11) is -3.68. The highest BCUT2D eigenvalue weighted by atomic mass is 32.2. The molecular weight excluding hydrogens is 286 g/mol. The van der Waals surface area contributed by atoms with Gasteiger partial charge in [-0.05, 0) is 23.8 Å². The fourth-order valence-corrected chi connectivity index (χ4v) is 2.94. The molecule has 108 valence electrons. The van der Waals surface area contributed by atoms with Gasteiger partial charge in [0.25, 0.3) is 0 Å². The Morgan fingerprint density at radius 3 is 2.52 bits per heavy atom. The number of nitrogens with zero attached hydrogens (tertiary/aromatic N) is 1. The highest BCUT2D eigenvalue weighted by Crippen LogP contribution is 2.13. The van der Waals surface area contributed by atoms with Gasteiger partial charge in [0.15, 0.2) is 0 Å². The summed E-state index contributed by atoms with van der Waals surface area (Å²) in [4.78, 5) is 0.0572. The summed E-state index contributed by atoms with van der Waals surface area (Å²) in [6, 6.07) is 16.6. The molecule has 0 saturated carbocycles. The number of benzene rings is 2. The molecule has 5 nitrogen and oxygen atoms in total. The van der Waals surface area contributed by atoms with Crippen LogP contribution < -0.4 is 10.5 Å². The van der Waals surface area contributed by atoms with E-state index in [1.165, 1.54) is 18.2 Å². The first-order valence-corrected chi connectivity index (χ1v) is 7.81. The van der Waals surface area contributed by atoms with Crippen LogP contribution >= 0.6 is 0 Å². The highest BCUT2D eigenvalue weighted by molar-refractivity contribution is 7.89. The van der Waals surface area contributed by atoms with Crippen molar-refractivity contribution in [3.63, 3.8) is 0 Å². The van der Waals surface area contributed by atoms with Crippen LogP contribution in [0.15, 0.2) is 59.5 Å². The number of rotatable bonds is 5. The molecule has 0 spiro atoms. The SMILES string of the molecule is N#Cc1cccc(S(=O)(=O)NCC(N)c2ccccc2)c1. The van der Waals surface area contributed by atoms with E-state index in [1.807, 2.05) is 36.4 Å². The average molecular weight is 301 g/mol. The molecule has 0 saturated heterocycles. The van der Waals surface area contributed by atoms with Crippen LogP contribution in [0, 0.1) is 11.3 Å². The minimum atomic E-state index is -3.68. The van der Waals surface area contributed by atoms with Gasteiger partial charge in [-0.25, -0.2) is 13.1 Å².